The smallest absolute Gasteiger partial charge is 0.460 e. The summed E-state index contributed by atoms with van der Waals surface area (Å²) in [4.78, 5) is 28.5. The molecule has 0 aromatic rings. The van der Waals surface area contributed by atoms with Crippen molar-refractivity contribution < 1.29 is 33.5 Å². The zero-order valence-corrected chi connectivity index (χ0v) is 19.8. The molecular formula is C23H41O7P. The normalized spacial score (nSPS) is 13.5. The highest BCUT2D eigenvalue weighted by atomic mass is 31.2. The van der Waals surface area contributed by atoms with Crippen LogP contribution in [0.4, 0.5) is 0 Å². The molecule has 0 heterocycles. The lowest BCUT2D eigenvalue weighted by Crippen LogP contribution is -2.22. The van der Waals surface area contributed by atoms with Crippen LogP contribution >= 0.6 is 7.82 Å². The highest BCUT2D eigenvalue weighted by molar-refractivity contribution is 7.46. The molecular weight excluding hydrogens is 419 g/mol. The van der Waals surface area contributed by atoms with Gasteiger partial charge in [-0.2, -0.15) is 0 Å². The van der Waals surface area contributed by atoms with Crippen molar-refractivity contribution >= 4 is 13.8 Å². The number of carbonyl (C=O) groups excluding carboxylic acids is 1. The first-order chi connectivity index (χ1) is 14.8. The Labute approximate surface area is 187 Å². The summed E-state index contributed by atoms with van der Waals surface area (Å²) >= 11 is 0. The van der Waals surface area contributed by atoms with Crippen LogP contribution in [0, 0.1) is 0 Å². The first-order valence-corrected chi connectivity index (χ1v) is 12.9. The topological polar surface area (TPSA) is 113 Å². The van der Waals surface area contributed by atoms with Gasteiger partial charge in [-0.05, 0) is 12.8 Å². The van der Waals surface area contributed by atoms with E-state index in [2.05, 4.69) is 17.5 Å². The Kier molecular flexibility index (Phi) is 19.8. The zero-order chi connectivity index (χ0) is 23.2. The highest BCUT2D eigenvalue weighted by Gasteiger charge is 2.17. The van der Waals surface area contributed by atoms with Crippen LogP contribution in [0.2, 0.25) is 0 Å². The van der Waals surface area contributed by atoms with Crippen LogP contribution in [0.3, 0.4) is 0 Å². The van der Waals surface area contributed by atoms with E-state index in [0.29, 0.717) is 0 Å². The Bertz CT molecular complexity index is 566. The number of phosphoric ester groups is 1. The number of aliphatic hydroxyl groups excluding tert-OH is 1. The maximum Gasteiger partial charge on any atom is 0.469 e. The molecule has 0 fully saturated rings. The number of hydrogen-bond donors (Lipinski definition) is 3. The minimum atomic E-state index is -4.65. The molecule has 0 radical (unpaired) electrons. The van der Waals surface area contributed by atoms with Gasteiger partial charge in [0.25, 0.3) is 0 Å². The van der Waals surface area contributed by atoms with Gasteiger partial charge in [-0.3, -0.25) is 4.52 Å². The Morgan fingerprint density at radius 1 is 0.839 bits per heavy atom. The third-order valence-electron chi connectivity index (χ3n) is 4.53. The third kappa shape index (κ3) is 24.9. The fraction of sp³-hybridized carbons (Fsp3) is 0.696. The summed E-state index contributed by atoms with van der Waals surface area (Å²) in [6.07, 6.45) is 24.7. The summed E-state index contributed by atoms with van der Waals surface area (Å²) in [5.74, 6) is -0.662. The van der Waals surface area contributed by atoms with Gasteiger partial charge in [-0.15, -0.1) is 0 Å². The summed E-state index contributed by atoms with van der Waals surface area (Å²) < 4.78 is 19.3. The van der Waals surface area contributed by atoms with Gasteiger partial charge in [0, 0.05) is 6.08 Å². The second-order valence-corrected chi connectivity index (χ2v) is 8.81. The number of phosphoric acid groups is 1. The molecule has 0 aliphatic heterocycles. The number of carbonyl (C=O) groups is 1. The number of aliphatic hydroxyl groups is 1. The SMILES string of the molecule is CCCCCCCCCCCCCC=CC=CC=CC(=O)OCC(O)COP(=O)(O)O. The molecule has 1 unspecified atom stereocenters. The summed E-state index contributed by atoms with van der Waals surface area (Å²) in [6.45, 7) is 1.22. The van der Waals surface area contributed by atoms with Gasteiger partial charge in [-0.1, -0.05) is 102 Å². The number of unbranched alkanes of at least 4 members (excludes halogenated alkanes) is 11. The van der Waals surface area contributed by atoms with Gasteiger partial charge >= 0.3 is 13.8 Å². The first kappa shape index (κ1) is 29.8. The number of ether oxygens (including phenoxy) is 1. The molecule has 7 nitrogen and oxygen atoms in total. The summed E-state index contributed by atoms with van der Waals surface area (Å²) in [5.41, 5.74) is 0. The third-order valence-corrected chi connectivity index (χ3v) is 5.01. The lowest BCUT2D eigenvalue weighted by atomic mass is 10.1. The van der Waals surface area contributed by atoms with Crippen molar-refractivity contribution in [3.63, 3.8) is 0 Å². The molecule has 0 aromatic carbocycles. The van der Waals surface area contributed by atoms with Crippen LogP contribution in [-0.4, -0.2) is 40.2 Å². The second kappa shape index (κ2) is 20.7. The molecule has 0 bridgehead atoms. The average molecular weight is 461 g/mol. The van der Waals surface area contributed by atoms with Crippen molar-refractivity contribution in [2.75, 3.05) is 13.2 Å². The van der Waals surface area contributed by atoms with Crippen molar-refractivity contribution in [1.82, 2.24) is 0 Å². The zero-order valence-electron chi connectivity index (χ0n) is 18.9. The number of rotatable bonds is 20. The minimum Gasteiger partial charge on any atom is -0.460 e. The lowest BCUT2D eigenvalue weighted by molar-refractivity contribution is -0.141. The minimum absolute atomic E-state index is 0.411. The second-order valence-electron chi connectivity index (χ2n) is 7.57. The van der Waals surface area contributed by atoms with Gasteiger partial charge in [0.2, 0.25) is 0 Å². The fourth-order valence-electron chi connectivity index (χ4n) is 2.82. The largest absolute Gasteiger partial charge is 0.469 e. The number of esters is 1. The molecule has 0 saturated carbocycles. The Morgan fingerprint density at radius 3 is 1.97 bits per heavy atom. The van der Waals surface area contributed by atoms with Crippen molar-refractivity contribution in [3.05, 3.63) is 36.5 Å². The Morgan fingerprint density at radius 2 is 1.39 bits per heavy atom. The maximum absolute atomic E-state index is 11.4. The Balaban J connectivity index is 3.57. The van der Waals surface area contributed by atoms with Gasteiger partial charge in [-0.25, -0.2) is 9.36 Å². The molecule has 0 rings (SSSR count). The van der Waals surface area contributed by atoms with E-state index in [1.54, 1.807) is 6.08 Å². The van der Waals surface area contributed by atoms with E-state index >= 15 is 0 Å². The molecule has 0 spiro atoms. The lowest BCUT2D eigenvalue weighted by Gasteiger charge is -2.11. The molecule has 0 aromatic heterocycles. The molecule has 8 heteroatoms. The van der Waals surface area contributed by atoms with Crippen LogP contribution in [0.5, 0.6) is 0 Å². The Hall–Kier alpha value is -1.24. The molecule has 0 amide bonds. The first-order valence-electron chi connectivity index (χ1n) is 11.4. The average Bonchev–Trinajstić information content (AvgIpc) is 2.72. The molecule has 1 atom stereocenters. The fourth-order valence-corrected chi connectivity index (χ4v) is 3.19. The summed E-state index contributed by atoms with van der Waals surface area (Å²) in [5, 5.41) is 9.39. The molecule has 31 heavy (non-hydrogen) atoms. The van der Waals surface area contributed by atoms with E-state index in [0.717, 1.165) is 6.42 Å². The van der Waals surface area contributed by atoms with E-state index in [1.165, 1.54) is 82.8 Å². The van der Waals surface area contributed by atoms with Gasteiger partial charge in [0.05, 0.1) is 6.61 Å². The monoisotopic (exact) mass is 460 g/mol. The predicted molar refractivity (Wildman–Crippen MR) is 123 cm³/mol. The maximum atomic E-state index is 11.4. The molecule has 0 aliphatic carbocycles. The number of allylic oxidation sites excluding steroid dienone is 5. The van der Waals surface area contributed by atoms with E-state index in [9.17, 15) is 14.5 Å². The van der Waals surface area contributed by atoms with Crippen LogP contribution < -0.4 is 0 Å². The van der Waals surface area contributed by atoms with Crippen molar-refractivity contribution in [2.45, 2.75) is 90.1 Å². The molecule has 0 saturated heterocycles. The van der Waals surface area contributed by atoms with Gasteiger partial charge in [0.15, 0.2) is 0 Å². The van der Waals surface area contributed by atoms with Crippen LogP contribution in [-0.2, 0) is 18.6 Å². The quantitative estimate of drug-likeness (QED) is 0.0736. The van der Waals surface area contributed by atoms with Crippen molar-refractivity contribution in [2.24, 2.45) is 0 Å². The van der Waals surface area contributed by atoms with E-state index in [1.807, 2.05) is 12.2 Å². The van der Waals surface area contributed by atoms with E-state index in [4.69, 9.17) is 14.5 Å². The molecule has 180 valence electrons. The summed E-state index contributed by atoms with van der Waals surface area (Å²) in [6, 6.07) is 0. The van der Waals surface area contributed by atoms with Gasteiger partial charge < -0.3 is 19.6 Å². The molecule has 3 N–H and O–H groups in total. The summed E-state index contributed by atoms with van der Waals surface area (Å²) in [7, 11) is -4.65. The standard InChI is InChI=1S/C23H41O7P/c1-2-3-4-5-6-7-8-9-10-11-12-13-14-15-16-17-18-19-23(25)29-20-22(24)21-30-31(26,27)28/h14-19,22,24H,2-13,20-21H2,1H3,(H2,26,27,28). The van der Waals surface area contributed by atoms with E-state index in [-0.39, 0.29) is 0 Å². The van der Waals surface area contributed by atoms with E-state index < -0.39 is 33.1 Å². The van der Waals surface area contributed by atoms with Crippen LogP contribution in [0.25, 0.3) is 0 Å². The number of hydrogen-bond acceptors (Lipinski definition) is 5. The van der Waals surface area contributed by atoms with Crippen LogP contribution in [0.1, 0.15) is 84.0 Å². The van der Waals surface area contributed by atoms with Crippen LogP contribution in [0.15, 0.2) is 36.5 Å². The predicted octanol–water partition coefficient (Wildman–Crippen LogP) is 5.37. The van der Waals surface area contributed by atoms with Crippen molar-refractivity contribution in [1.29, 1.82) is 0 Å². The van der Waals surface area contributed by atoms with Gasteiger partial charge in [0.1, 0.15) is 12.7 Å². The molecule has 0 aliphatic rings. The highest BCUT2D eigenvalue weighted by Crippen LogP contribution is 2.35. The van der Waals surface area contributed by atoms with Crippen molar-refractivity contribution in [3.8, 4) is 0 Å².